The highest BCUT2D eigenvalue weighted by atomic mass is 16.7. The van der Waals surface area contributed by atoms with Gasteiger partial charge in [-0.2, -0.15) is 0 Å². The predicted molar refractivity (Wildman–Crippen MR) is 141 cm³/mol. The Labute approximate surface area is 222 Å². The largest absolute Gasteiger partial charge is 0.394 e. The summed E-state index contributed by atoms with van der Waals surface area (Å²) in [6, 6.07) is -1.12. The third-order valence-electron chi connectivity index (χ3n) is 6.80. The smallest absolute Gasteiger partial charge is 0.251 e. The molecule has 1 aliphatic rings. The Balaban J connectivity index is 2.13. The summed E-state index contributed by atoms with van der Waals surface area (Å²) in [7, 11) is 0. The average Bonchev–Trinajstić information content (AvgIpc) is 2.88. The van der Waals surface area contributed by atoms with Crippen LogP contribution in [0.3, 0.4) is 0 Å². The van der Waals surface area contributed by atoms with Gasteiger partial charge in [0.05, 0.1) is 13.2 Å². The van der Waals surface area contributed by atoms with Gasteiger partial charge in [-0.3, -0.25) is 9.59 Å². The molecule has 0 saturated carbocycles. The van der Waals surface area contributed by atoms with Crippen LogP contribution in [0.5, 0.6) is 0 Å². The van der Waals surface area contributed by atoms with Crippen molar-refractivity contribution >= 4 is 11.8 Å². The molecule has 6 N–H and O–H groups in total. The molecule has 2 amide bonds. The number of hydrogen-bond acceptors (Lipinski definition) is 8. The Bertz CT molecular complexity index is 609. The van der Waals surface area contributed by atoms with Crippen LogP contribution in [0.1, 0.15) is 104 Å². The quantitative estimate of drug-likeness (QED) is 0.122. The van der Waals surface area contributed by atoms with Gasteiger partial charge >= 0.3 is 0 Å². The fourth-order valence-electron chi connectivity index (χ4n) is 4.52. The van der Waals surface area contributed by atoms with E-state index in [1.54, 1.807) is 0 Å². The van der Waals surface area contributed by atoms with Crippen molar-refractivity contribution in [1.82, 2.24) is 10.6 Å². The summed E-state index contributed by atoms with van der Waals surface area (Å²) in [4.78, 5) is 23.6. The molecule has 10 nitrogen and oxygen atoms in total. The van der Waals surface area contributed by atoms with Gasteiger partial charge in [0.25, 0.3) is 5.91 Å². The van der Waals surface area contributed by atoms with Crippen LogP contribution in [0.2, 0.25) is 0 Å². The molecule has 10 heteroatoms. The number of aliphatic hydroxyl groups excluding tert-OH is 4. The third kappa shape index (κ3) is 14.4. The summed E-state index contributed by atoms with van der Waals surface area (Å²) in [6.45, 7) is 2.92. The maximum absolute atomic E-state index is 12.2. The summed E-state index contributed by atoms with van der Waals surface area (Å²) in [6.07, 6.45) is 10.8. The molecule has 0 aromatic rings. The first-order chi connectivity index (χ1) is 17.8. The molecule has 6 atom stereocenters. The lowest BCUT2D eigenvalue weighted by molar-refractivity contribution is -0.273. The Kier molecular flexibility index (Phi) is 18.8. The fraction of sp³-hybridized carbons (Fsp3) is 0.926. The van der Waals surface area contributed by atoms with Gasteiger partial charge in [-0.25, -0.2) is 0 Å². The van der Waals surface area contributed by atoms with Crippen LogP contribution < -0.4 is 10.6 Å². The van der Waals surface area contributed by atoms with E-state index in [2.05, 4.69) is 17.6 Å². The van der Waals surface area contributed by atoms with Crippen molar-refractivity contribution in [3.05, 3.63) is 0 Å². The van der Waals surface area contributed by atoms with E-state index in [1.807, 2.05) is 0 Å². The van der Waals surface area contributed by atoms with Gasteiger partial charge in [-0.15, -0.1) is 0 Å². The number of unbranched alkanes of at least 4 members (excludes halogenated alkanes) is 13. The molecule has 218 valence electrons. The van der Waals surface area contributed by atoms with Crippen molar-refractivity contribution in [3.63, 3.8) is 0 Å². The van der Waals surface area contributed by atoms with E-state index in [0.29, 0.717) is 6.54 Å². The van der Waals surface area contributed by atoms with Gasteiger partial charge in [0.15, 0.2) is 12.4 Å². The topological polar surface area (TPSA) is 158 Å². The highest BCUT2D eigenvalue weighted by Gasteiger charge is 2.45. The zero-order chi connectivity index (χ0) is 27.5. The first kappa shape index (κ1) is 33.7. The van der Waals surface area contributed by atoms with Crippen LogP contribution in [-0.4, -0.2) is 88.7 Å². The lowest BCUT2D eigenvalue weighted by Gasteiger charge is -2.42. The fourth-order valence-corrected chi connectivity index (χ4v) is 4.52. The summed E-state index contributed by atoms with van der Waals surface area (Å²) in [5, 5.41) is 44.9. The minimum atomic E-state index is -1.47. The van der Waals surface area contributed by atoms with Crippen LogP contribution in [0.15, 0.2) is 0 Å². The van der Waals surface area contributed by atoms with Crippen molar-refractivity contribution in [2.75, 3.05) is 19.8 Å². The van der Waals surface area contributed by atoms with Crippen molar-refractivity contribution in [3.8, 4) is 0 Å². The highest BCUT2D eigenvalue weighted by molar-refractivity contribution is 5.80. The molecule has 0 radical (unpaired) electrons. The van der Waals surface area contributed by atoms with Crippen LogP contribution in [-0.2, 0) is 19.1 Å². The second-order valence-electron chi connectivity index (χ2n) is 10.2. The molecule has 0 bridgehead atoms. The predicted octanol–water partition coefficient (Wildman–Crippen LogP) is 1.91. The van der Waals surface area contributed by atoms with Crippen molar-refractivity contribution in [2.45, 2.75) is 140 Å². The molecule has 2 unspecified atom stereocenters. The Morgan fingerprint density at radius 1 is 0.865 bits per heavy atom. The van der Waals surface area contributed by atoms with E-state index in [4.69, 9.17) is 9.47 Å². The van der Waals surface area contributed by atoms with Gasteiger partial charge in [0.2, 0.25) is 5.91 Å². The molecular weight excluding hydrogens is 480 g/mol. The van der Waals surface area contributed by atoms with Gasteiger partial charge in [0, 0.05) is 13.5 Å². The Hall–Kier alpha value is -1.30. The molecule has 0 aliphatic carbocycles. The SMILES string of the molecule is CCCCCCCCCCCCCCCCNC(=O)[C@H](O)CO[C@H]1OC(CO)[C@@H](O)[C@H](O)C1NC(C)=O. The van der Waals surface area contributed by atoms with E-state index in [9.17, 15) is 30.0 Å². The molecular formula is C27H52N2O8. The van der Waals surface area contributed by atoms with E-state index in [0.717, 1.165) is 19.3 Å². The number of hydrogen-bond donors (Lipinski definition) is 6. The summed E-state index contributed by atoms with van der Waals surface area (Å²) in [5.74, 6) is -1.07. The maximum Gasteiger partial charge on any atom is 0.251 e. The van der Waals surface area contributed by atoms with Gasteiger partial charge < -0.3 is 40.5 Å². The minimum absolute atomic E-state index is 0.438. The first-order valence-corrected chi connectivity index (χ1v) is 14.3. The van der Waals surface area contributed by atoms with Crippen molar-refractivity contribution in [1.29, 1.82) is 0 Å². The number of amides is 2. The summed E-state index contributed by atoms with van der Waals surface area (Å²) in [5.41, 5.74) is 0. The summed E-state index contributed by atoms with van der Waals surface area (Å²) >= 11 is 0. The molecule has 0 aromatic carbocycles. The minimum Gasteiger partial charge on any atom is -0.394 e. The maximum atomic E-state index is 12.2. The number of carbonyl (C=O) groups excluding carboxylic acids is 2. The monoisotopic (exact) mass is 532 g/mol. The average molecular weight is 533 g/mol. The van der Waals surface area contributed by atoms with Crippen LogP contribution in [0.4, 0.5) is 0 Å². The Morgan fingerprint density at radius 2 is 1.38 bits per heavy atom. The van der Waals surface area contributed by atoms with Gasteiger partial charge in [-0.05, 0) is 6.42 Å². The number of rotatable bonds is 21. The zero-order valence-corrected chi connectivity index (χ0v) is 22.9. The number of aliphatic hydroxyl groups is 4. The lowest BCUT2D eigenvalue weighted by Crippen LogP contribution is -2.64. The van der Waals surface area contributed by atoms with E-state index < -0.39 is 61.8 Å². The molecule has 1 rings (SSSR count). The van der Waals surface area contributed by atoms with Crippen molar-refractivity contribution in [2.24, 2.45) is 0 Å². The molecule has 1 heterocycles. The zero-order valence-electron chi connectivity index (χ0n) is 22.9. The van der Waals surface area contributed by atoms with Gasteiger partial charge in [-0.1, -0.05) is 90.4 Å². The third-order valence-corrected chi connectivity index (χ3v) is 6.80. The van der Waals surface area contributed by atoms with E-state index >= 15 is 0 Å². The second kappa shape index (κ2) is 20.6. The second-order valence-corrected chi connectivity index (χ2v) is 10.2. The highest BCUT2D eigenvalue weighted by Crippen LogP contribution is 2.22. The first-order valence-electron chi connectivity index (χ1n) is 14.3. The number of ether oxygens (including phenoxy) is 2. The van der Waals surface area contributed by atoms with Crippen LogP contribution >= 0.6 is 0 Å². The number of nitrogens with one attached hydrogen (secondary N) is 2. The lowest BCUT2D eigenvalue weighted by atomic mass is 9.97. The molecule has 1 fully saturated rings. The van der Waals surface area contributed by atoms with Gasteiger partial charge in [0.1, 0.15) is 24.4 Å². The molecule has 37 heavy (non-hydrogen) atoms. The molecule has 1 aliphatic heterocycles. The Morgan fingerprint density at radius 3 is 1.86 bits per heavy atom. The molecule has 0 aromatic heterocycles. The normalized spacial score (nSPS) is 24.5. The van der Waals surface area contributed by atoms with Crippen molar-refractivity contribution < 1.29 is 39.5 Å². The molecule has 0 spiro atoms. The standard InChI is InChI=1S/C27H52N2O8/c1-3-4-5-6-7-8-9-10-11-12-13-14-15-16-17-28-26(35)21(32)19-36-27-23(29-20(2)31)25(34)24(33)22(18-30)37-27/h21-25,27,30,32-34H,3-19H2,1-2H3,(H,28,35)(H,29,31)/t21-,22?,23?,24-,25-,27+/m1/s1. The van der Waals surface area contributed by atoms with E-state index in [-0.39, 0.29) is 0 Å². The van der Waals surface area contributed by atoms with E-state index in [1.165, 1.54) is 77.6 Å². The van der Waals surface area contributed by atoms with Crippen LogP contribution in [0.25, 0.3) is 0 Å². The van der Waals surface area contributed by atoms with Crippen LogP contribution in [0, 0.1) is 0 Å². The summed E-state index contributed by atoms with van der Waals surface area (Å²) < 4.78 is 10.8. The molecule has 1 saturated heterocycles. The number of carbonyl (C=O) groups is 2.